The smallest absolute Gasteiger partial charge is 0.384 e. The van der Waals surface area contributed by atoms with Gasteiger partial charge in [-0.2, -0.15) is 87.8 Å². The highest BCUT2D eigenvalue weighted by Crippen LogP contribution is 2.59. The summed E-state index contributed by atoms with van der Waals surface area (Å²) in [6.07, 6.45) is -13.3. The summed E-state index contributed by atoms with van der Waals surface area (Å²) >= 11 is 0. The van der Waals surface area contributed by atoms with Crippen molar-refractivity contribution in [2.45, 2.75) is 124 Å². The molecule has 6 nitrogen and oxygen atoms in total. The number of rotatable bonds is 23. The first-order valence-corrected chi connectivity index (χ1v) is 14.2. The standard InChI is InChI=1S/C26H26F24O6/c1-15(2,56-8-12(52)54-10-18(33,34)22(41,42)26(49,50)24(45,46)20(37,38)14(29)30)5-6-55-16(3,4)7-11(51)53-9-17(31,32)21(39,40)25(47,48)23(43,44)19(35,36)13(27)28/h13-14H,5-10H2,1-4H3. The zero-order chi connectivity index (χ0) is 45.4. The van der Waals surface area contributed by atoms with Crippen molar-refractivity contribution in [3.8, 4) is 0 Å². The molecule has 0 fully saturated rings. The monoisotopic (exact) mass is 890 g/mol. The van der Waals surface area contributed by atoms with Gasteiger partial charge in [0.25, 0.3) is 0 Å². The SMILES string of the molecule is CC(C)(CCOC(C)(C)CC(=O)OCC(F)(F)C(F)(F)C(F)(F)C(F)(F)C(F)(F)C(F)F)OCC(=O)OCC(F)(F)C(F)(F)C(F)(F)C(F)(F)C(F)(F)C(F)F. The number of halogens is 24. The van der Waals surface area contributed by atoms with Crippen LogP contribution in [0.4, 0.5) is 105 Å². The fraction of sp³-hybridized carbons (Fsp3) is 0.923. The van der Waals surface area contributed by atoms with Crippen molar-refractivity contribution in [2.24, 2.45) is 0 Å². The van der Waals surface area contributed by atoms with E-state index in [-0.39, 0.29) is 0 Å². The van der Waals surface area contributed by atoms with Gasteiger partial charge < -0.3 is 18.9 Å². The second-order valence-corrected chi connectivity index (χ2v) is 12.6. The van der Waals surface area contributed by atoms with Gasteiger partial charge in [0.1, 0.15) is 6.61 Å². The molecular weight excluding hydrogens is 864 g/mol. The molecule has 0 aromatic rings. The Labute approximate surface area is 297 Å². The Hall–Kier alpha value is -2.82. The molecule has 0 saturated carbocycles. The summed E-state index contributed by atoms with van der Waals surface area (Å²) in [7, 11) is 0. The third-order valence-corrected chi connectivity index (χ3v) is 7.06. The quantitative estimate of drug-likeness (QED) is 0.0753. The maximum atomic E-state index is 13.9. The van der Waals surface area contributed by atoms with Crippen molar-refractivity contribution in [1.82, 2.24) is 0 Å². The minimum absolute atomic E-state index is 0.524. The zero-order valence-corrected chi connectivity index (χ0v) is 27.9. The second kappa shape index (κ2) is 16.4. The Morgan fingerprint density at radius 3 is 1.09 bits per heavy atom. The summed E-state index contributed by atoms with van der Waals surface area (Å²) < 4.78 is 335. The lowest BCUT2D eigenvalue weighted by atomic mass is 9.94. The molecule has 0 atom stereocenters. The number of esters is 2. The van der Waals surface area contributed by atoms with E-state index in [0.29, 0.717) is 0 Å². The van der Waals surface area contributed by atoms with Gasteiger partial charge in [-0.25, -0.2) is 22.4 Å². The predicted octanol–water partition coefficient (Wildman–Crippen LogP) is 9.33. The van der Waals surface area contributed by atoms with Gasteiger partial charge in [0.15, 0.2) is 13.2 Å². The molecule has 30 heteroatoms. The van der Waals surface area contributed by atoms with E-state index >= 15 is 0 Å². The molecule has 0 aliphatic rings. The molecule has 334 valence electrons. The normalized spacial score (nSPS) is 15.5. The van der Waals surface area contributed by atoms with E-state index in [2.05, 4.69) is 9.47 Å². The number of ether oxygens (including phenoxy) is 4. The van der Waals surface area contributed by atoms with Gasteiger partial charge in [-0.1, -0.05) is 0 Å². The lowest BCUT2D eigenvalue weighted by Gasteiger charge is -2.39. The number of hydrogen-bond donors (Lipinski definition) is 0. The van der Waals surface area contributed by atoms with Crippen LogP contribution in [0.15, 0.2) is 0 Å². The number of carbonyl (C=O) groups is 2. The Bertz CT molecular complexity index is 1350. The van der Waals surface area contributed by atoms with Gasteiger partial charge >= 0.3 is 84.0 Å². The van der Waals surface area contributed by atoms with E-state index in [1.54, 1.807) is 0 Å². The van der Waals surface area contributed by atoms with Gasteiger partial charge in [-0.15, -0.1) is 0 Å². The van der Waals surface area contributed by atoms with Gasteiger partial charge in [-0.05, 0) is 34.1 Å². The molecule has 56 heavy (non-hydrogen) atoms. The largest absolute Gasteiger partial charge is 0.459 e. The van der Waals surface area contributed by atoms with Crippen LogP contribution in [0.25, 0.3) is 0 Å². The third-order valence-electron chi connectivity index (χ3n) is 7.06. The molecule has 0 heterocycles. The minimum atomic E-state index is -7.89. The number of alkyl halides is 24. The minimum Gasteiger partial charge on any atom is -0.459 e. The van der Waals surface area contributed by atoms with Crippen LogP contribution in [0.5, 0.6) is 0 Å². The van der Waals surface area contributed by atoms with Crippen molar-refractivity contribution >= 4 is 11.9 Å². The highest BCUT2D eigenvalue weighted by Gasteiger charge is 2.89. The molecule has 0 N–H and O–H groups in total. The van der Waals surface area contributed by atoms with Crippen LogP contribution in [-0.4, -0.2) is 122 Å². The van der Waals surface area contributed by atoms with E-state index < -0.39 is 134 Å². The molecular formula is C26H26F24O6. The van der Waals surface area contributed by atoms with Gasteiger partial charge in [0, 0.05) is 0 Å². The molecule has 0 aliphatic heterocycles. The highest BCUT2D eigenvalue weighted by molar-refractivity contribution is 5.71. The first-order valence-electron chi connectivity index (χ1n) is 14.2. The van der Waals surface area contributed by atoms with E-state index in [1.165, 1.54) is 0 Å². The average Bonchev–Trinajstić information content (AvgIpc) is 3.00. The lowest BCUT2D eigenvalue weighted by molar-refractivity contribution is -0.414. The first kappa shape index (κ1) is 53.2. The highest BCUT2D eigenvalue weighted by atomic mass is 19.4. The molecule has 0 unspecified atom stereocenters. The van der Waals surface area contributed by atoms with Crippen LogP contribution in [0.1, 0.15) is 40.5 Å². The van der Waals surface area contributed by atoms with E-state index in [1.807, 2.05) is 0 Å². The van der Waals surface area contributed by atoms with Gasteiger partial charge in [0.05, 0.1) is 24.2 Å². The Morgan fingerprint density at radius 1 is 0.446 bits per heavy atom. The molecule has 0 amide bonds. The van der Waals surface area contributed by atoms with Crippen LogP contribution in [0.3, 0.4) is 0 Å². The van der Waals surface area contributed by atoms with Crippen molar-refractivity contribution in [3.63, 3.8) is 0 Å². The summed E-state index contributed by atoms with van der Waals surface area (Å²) in [6, 6.07) is 0. The molecule has 0 aromatic carbocycles. The molecule has 0 spiro atoms. The Morgan fingerprint density at radius 2 is 0.768 bits per heavy atom. The van der Waals surface area contributed by atoms with Crippen LogP contribution in [0.2, 0.25) is 0 Å². The van der Waals surface area contributed by atoms with Crippen molar-refractivity contribution in [3.05, 3.63) is 0 Å². The summed E-state index contributed by atoms with van der Waals surface area (Å²) in [6.45, 7) is -4.91. The lowest BCUT2D eigenvalue weighted by Crippen LogP contribution is -2.69. The molecule has 0 radical (unpaired) electrons. The predicted molar refractivity (Wildman–Crippen MR) is 133 cm³/mol. The third kappa shape index (κ3) is 10.2. The summed E-state index contributed by atoms with van der Waals surface area (Å²) in [4.78, 5) is 23.6. The van der Waals surface area contributed by atoms with E-state index in [4.69, 9.17) is 9.47 Å². The number of carbonyl (C=O) groups excluding carboxylic acids is 2. The Balaban J connectivity index is 5.33. The second-order valence-electron chi connectivity index (χ2n) is 12.6. The molecule has 0 aromatic heterocycles. The molecule has 0 rings (SSSR count). The first-order chi connectivity index (χ1) is 24.3. The van der Waals surface area contributed by atoms with Gasteiger partial charge in [0.2, 0.25) is 0 Å². The van der Waals surface area contributed by atoms with Crippen LogP contribution in [0, 0.1) is 0 Å². The van der Waals surface area contributed by atoms with Crippen LogP contribution < -0.4 is 0 Å². The van der Waals surface area contributed by atoms with Crippen molar-refractivity contribution in [1.29, 1.82) is 0 Å². The van der Waals surface area contributed by atoms with Crippen LogP contribution >= 0.6 is 0 Å². The molecule has 0 aliphatic carbocycles. The van der Waals surface area contributed by atoms with E-state index in [9.17, 15) is 115 Å². The zero-order valence-electron chi connectivity index (χ0n) is 27.9. The average molecular weight is 890 g/mol. The molecule has 0 saturated heterocycles. The summed E-state index contributed by atoms with van der Waals surface area (Å²) in [5.74, 6) is -78.5. The fourth-order valence-corrected chi connectivity index (χ4v) is 3.46. The summed E-state index contributed by atoms with van der Waals surface area (Å²) in [5.41, 5.74) is -3.71. The van der Waals surface area contributed by atoms with Gasteiger partial charge in [-0.3, -0.25) is 4.79 Å². The van der Waals surface area contributed by atoms with Crippen LogP contribution in [-0.2, 0) is 28.5 Å². The topological polar surface area (TPSA) is 71.1 Å². The van der Waals surface area contributed by atoms with E-state index in [0.717, 1.165) is 27.7 Å². The summed E-state index contributed by atoms with van der Waals surface area (Å²) in [5, 5.41) is 0. The maximum Gasteiger partial charge on any atom is 0.384 e. The van der Waals surface area contributed by atoms with Crippen molar-refractivity contribution in [2.75, 3.05) is 26.4 Å². The Kier molecular flexibility index (Phi) is 15.6. The number of hydrogen-bond acceptors (Lipinski definition) is 6. The maximum absolute atomic E-state index is 13.9. The fourth-order valence-electron chi connectivity index (χ4n) is 3.46. The van der Waals surface area contributed by atoms with Crippen molar-refractivity contribution < 1.29 is 134 Å². The molecule has 0 bridgehead atoms.